The Kier molecular flexibility index (Phi) is 6.30. The lowest BCUT2D eigenvalue weighted by molar-refractivity contribution is 0.229. The summed E-state index contributed by atoms with van der Waals surface area (Å²) in [4.78, 5) is 7.21. The highest BCUT2D eigenvalue weighted by atomic mass is 35.5. The van der Waals surface area contributed by atoms with Crippen molar-refractivity contribution in [3.05, 3.63) is 28.8 Å². The number of anilines is 1. The monoisotopic (exact) mass is 310 g/mol. The molecule has 0 saturated carbocycles. The van der Waals surface area contributed by atoms with Crippen LogP contribution in [0.3, 0.4) is 0 Å². The van der Waals surface area contributed by atoms with Crippen molar-refractivity contribution >= 4 is 17.3 Å². The standard InChI is InChI=1S/C16H27ClN4/c1-18-13-14-5-4-6-15(17)16(14)21-11-9-20(10-12-21)8-7-19(2)3/h4-6,18H,7-13H2,1-3H3. The lowest BCUT2D eigenvalue weighted by atomic mass is 10.1. The van der Waals surface area contributed by atoms with Crippen LogP contribution >= 0.6 is 11.6 Å². The SMILES string of the molecule is CNCc1cccc(Cl)c1N1CCN(CCN(C)C)CC1. The Morgan fingerprint density at radius 2 is 1.90 bits per heavy atom. The van der Waals surface area contributed by atoms with Crippen LogP contribution in [-0.4, -0.2) is 70.2 Å². The highest BCUT2D eigenvalue weighted by Gasteiger charge is 2.20. The minimum Gasteiger partial charge on any atom is -0.368 e. The summed E-state index contributed by atoms with van der Waals surface area (Å²) < 4.78 is 0. The number of nitrogens with zero attached hydrogens (tertiary/aromatic N) is 3. The van der Waals surface area contributed by atoms with Gasteiger partial charge in [-0.25, -0.2) is 0 Å². The zero-order chi connectivity index (χ0) is 15.2. The van der Waals surface area contributed by atoms with Gasteiger partial charge in [-0.1, -0.05) is 23.7 Å². The molecule has 5 heteroatoms. The average molecular weight is 311 g/mol. The Hall–Kier alpha value is -0.810. The molecule has 118 valence electrons. The van der Waals surface area contributed by atoms with Crippen molar-refractivity contribution in [2.24, 2.45) is 0 Å². The number of halogens is 1. The van der Waals surface area contributed by atoms with Gasteiger partial charge in [0, 0.05) is 45.8 Å². The Morgan fingerprint density at radius 1 is 1.19 bits per heavy atom. The molecular formula is C16H27ClN4. The van der Waals surface area contributed by atoms with Gasteiger partial charge in [-0.3, -0.25) is 4.90 Å². The van der Waals surface area contributed by atoms with E-state index in [9.17, 15) is 0 Å². The van der Waals surface area contributed by atoms with Crippen molar-refractivity contribution in [3.63, 3.8) is 0 Å². The molecule has 0 unspecified atom stereocenters. The maximum atomic E-state index is 6.45. The third-order valence-corrected chi connectivity index (χ3v) is 4.29. The first-order valence-corrected chi connectivity index (χ1v) is 8.03. The molecule has 1 aliphatic heterocycles. The molecule has 1 saturated heterocycles. The maximum absolute atomic E-state index is 6.45. The third-order valence-electron chi connectivity index (χ3n) is 3.99. The van der Waals surface area contributed by atoms with Crippen molar-refractivity contribution in [1.29, 1.82) is 0 Å². The summed E-state index contributed by atoms with van der Waals surface area (Å²) in [5, 5.41) is 4.10. The number of piperazine rings is 1. The quantitative estimate of drug-likeness (QED) is 0.864. The van der Waals surface area contributed by atoms with Crippen molar-refractivity contribution < 1.29 is 0 Å². The van der Waals surface area contributed by atoms with Crippen LogP contribution < -0.4 is 10.2 Å². The first-order valence-electron chi connectivity index (χ1n) is 7.66. The lowest BCUT2D eigenvalue weighted by Gasteiger charge is -2.37. The molecule has 1 aliphatic rings. The number of para-hydroxylation sites is 1. The molecule has 0 amide bonds. The minimum absolute atomic E-state index is 0.858. The van der Waals surface area contributed by atoms with E-state index < -0.39 is 0 Å². The number of hydrogen-bond acceptors (Lipinski definition) is 4. The first-order chi connectivity index (χ1) is 10.1. The molecule has 0 spiro atoms. The molecule has 1 aromatic carbocycles. The van der Waals surface area contributed by atoms with E-state index in [1.165, 1.54) is 11.3 Å². The summed E-state index contributed by atoms with van der Waals surface area (Å²) in [6.07, 6.45) is 0. The molecule has 2 rings (SSSR count). The fourth-order valence-electron chi connectivity index (χ4n) is 2.78. The van der Waals surface area contributed by atoms with E-state index in [-0.39, 0.29) is 0 Å². The molecule has 4 nitrogen and oxygen atoms in total. The Morgan fingerprint density at radius 3 is 2.52 bits per heavy atom. The molecule has 1 aromatic rings. The summed E-state index contributed by atoms with van der Waals surface area (Å²) >= 11 is 6.45. The Balaban J connectivity index is 1.99. The minimum atomic E-state index is 0.858. The van der Waals surface area contributed by atoms with Crippen LogP contribution in [0.15, 0.2) is 18.2 Å². The van der Waals surface area contributed by atoms with Crippen LogP contribution in [0.4, 0.5) is 5.69 Å². The van der Waals surface area contributed by atoms with E-state index in [1.807, 2.05) is 19.2 Å². The summed E-state index contributed by atoms with van der Waals surface area (Å²) in [6.45, 7) is 7.44. The summed E-state index contributed by atoms with van der Waals surface area (Å²) in [5.41, 5.74) is 2.49. The highest BCUT2D eigenvalue weighted by Crippen LogP contribution is 2.30. The second kappa shape index (κ2) is 7.99. The summed E-state index contributed by atoms with van der Waals surface area (Å²) in [7, 11) is 6.23. The number of likely N-dealkylation sites (N-methyl/N-ethyl adjacent to an activating group) is 1. The van der Waals surface area contributed by atoms with Crippen molar-refractivity contribution in [2.75, 3.05) is 65.3 Å². The van der Waals surface area contributed by atoms with E-state index in [0.717, 1.165) is 50.8 Å². The normalized spacial score (nSPS) is 16.7. The summed E-state index contributed by atoms with van der Waals surface area (Å²) in [6, 6.07) is 6.19. The van der Waals surface area contributed by atoms with Crippen LogP contribution in [0.25, 0.3) is 0 Å². The van der Waals surface area contributed by atoms with Gasteiger partial charge in [-0.15, -0.1) is 0 Å². The van der Waals surface area contributed by atoms with E-state index in [0.29, 0.717) is 0 Å². The molecule has 1 fully saturated rings. The molecule has 0 aromatic heterocycles. The van der Waals surface area contributed by atoms with Crippen LogP contribution in [0.5, 0.6) is 0 Å². The Labute approximate surface area is 133 Å². The third kappa shape index (κ3) is 4.58. The number of nitrogens with one attached hydrogen (secondary N) is 1. The smallest absolute Gasteiger partial charge is 0.0642 e. The zero-order valence-corrected chi connectivity index (χ0v) is 14.2. The van der Waals surface area contributed by atoms with E-state index in [1.54, 1.807) is 0 Å². The number of hydrogen-bond donors (Lipinski definition) is 1. The van der Waals surface area contributed by atoms with Gasteiger partial charge in [0.1, 0.15) is 0 Å². The predicted molar refractivity (Wildman–Crippen MR) is 91.4 cm³/mol. The molecule has 21 heavy (non-hydrogen) atoms. The van der Waals surface area contributed by atoms with Gasteiger partial charge in [0.2, 0.25) is 0 Å². The highest BCUT2D eigenvalue weighted by molar-refractivity contribution is 6.33. The fraction of sp³-hybridized carbons (Fsp3) is 0.625. The van der Waals surface area contributed by atoms with Gasteiger partial charge in [-0.2, -0.15) is 0 Å². The van der Waals surface area contributed by atoms with Gasteiger partial charge >= 0.3 is 0 Å². The maximum Gasteiger partial charge on any atom is 0.0642 e. The lowest BCUT2D eigenvalue weighted by Crippen LogP contribution is -2.48. The van der Waals surface area contributed by atoms with Crippen LogP contribution in [0, 0.1) is 0 Å². The molecule has 1 N–H and O–H groups in total. The van der Waals surface area contributed by atoms with Gasteiger partial charge in [0.15, 0.2) is 0 Å². The van der Waals surface area contributed by atoms with Gasteiger partial charge in [0.25, 0.3) is 0 Å². The van der Waals surface area contributed by atoms with E-state index >= 15 is 0 Å². The summed E-state index contributed by atoms with van der Waals surface area (Å²) in [5.74, 6) is 0. The largest absolute Gasteiger partial charge is 0.368 e. The topological polar surface area (TPSA) is 21.8 Å². The van der Waals surface area contributed by atoms with Gasteiger partial charge in [0.05, 0.1) is 10.7 Å². The van der Waals surface area contributed by atoms with Crippen LogP contribution in [0.1, 0.15) is 5.56 Å². The Bertz CT molecular complexity index is 442. The molecule has 0 bridgehead atoms. The molecule has 0 atom stereocenters. The van der Waals surface area contributed by atoms with E-state index in [2.05, 4.69) is 40.2 Å². The van der Waals surface area contributed by atoms with Crippen molar-refractivity contribution in [1.82, 2.24) is 15.1 Å². The van der Waals surface area contributed by atoms with Crippen LogP contribution in [-0.2, 0) is 6.54 Å². The number of rotatable bonds is 6. The molecular weight excluding hydrogens is 284 g/mol. The average Bonchev–Trinajstić information content (AvgIpc) is 2.46. The second-order valence-corrected chi connectivity index (χ2v) is 6.32. The van der Waals surface area contributed by atoms with Gasteiger partial charge < -0.3 is 15.1 Å². The fourth-order valence-corrected chi connectivity index (χ4v) is 3.10. The predicted octanol–water partition coefficient (Wildman–Crippen LogP) is 1.74. The van der Waals surface area contributed by atoms with Crippen LogP contribution in [0.2, 0.25) is 5.02 Å². The van der Waals surface area contributed by atoms with Crippen molar-refractivity contribution in [2.45, 2.75) is 6.54 Å². The first kappa shape index (κ1) is 16.6. The number of benzene rings is 1. The molecule has 1 heterocycles. The van der Waals surface area contributed by atoms with Gasteiger partial charge in [-0.05, 0) is 32.8 Å². The zero-order valence-electron chi connectivity index (χ0n) is 13.4. The van der Waals surface area contributed by atoms with E-state index in [4.69, 9.17) is 11.6 Å². The van der Waals surface area contributed by atoms with Crippen molar-refractivity contribution in [3.8, 4) is 0 Å². The molecule has 0 radical (unpaired) electrons. The molecule has 0 aliphatic carbocycles. The second-order valence-electron chi connectivity index (χ2n) is 5.91.